The predicted octanol–water partition coefficient (Wildman–Crippen LogP) is 7.27. The lowest BCUT2D eigenvalue weighted by atomic mass is 9.93. The molecule has 0 aliphatic rings. The van der Waals surface area contributed by atoms with Crippen LogP contribution in [0.15, 0.2) is 91.0 Å². The van der Waals surface area contributed by atoms with Crippen LogP contribution in [0.1, 0.15) is 5.56 Å². The van der Waals surface area contributed by atoms with Crippen LogP contribution < -0.4 is 0 Å². The summed E-state index contributed by atoms with van der Waals surface area (Å²) in [5.74, 6) is -0.554. The summed E-state index contributed by atoms with van der Waals surface area (Å²) in [5.41, 5.74) is 6.63. The fraction of sp³-hybridized carbons (Fsp3) is 0.0400. The Morgan fingerprint density at radius 2 is 0.852 bits per heavy atom. The van der Waals surface area contributed by atoms with Gasteiger partial charge in [-0.1, -0.05) is 54.1 Å². The third-order valence-corrected chi connectivity index (χ3v) is 4.60. The van der Waals surface area contributed by atoms with Gasteiger partial charge in [-0.2, -0.15) is 0 Å². The van der Waals surface area contributed by atoms with Crippen LogP contribution in [0.3, 0.4) is 0 Å². The van der Waals surface area contributed by atoms with E-state index in [1.54, 1.807) is 12.1 Å². The van der Waals surface area contributed by atoms with E-state index in [1.165, 1.54) is 24.3 Å². The van der Waals surface area contributed by atoms with Gasteiger partial charge in [-0.15, -0.1) is 0 Å². The maximum absolute atomic E-state index is 13.8. The molecule has 27 heavy (non-hydrogen) atoms. The highest BCUT2D eigenvalue weighted by Gasteiger charge is 2.09. The van der Waals surface area contributed by atoms with Crippen molar-refractivity contribution in [1.82, 2.24) is 0 Å². The normalized spacial score (nSPS) is 10.8. The molecule has 0 saturated heterocycles. The summed E-state index contributed by atoms with van der Waals surface area (Å²) in [7, 11) is 0. The first kappa shape index (κ1) is 17.2. The molecule has 0 radical (unpaired) electrons. The first-order valence-electron chi connectivity index (χ1n) is 8.82. The minimum atomic E-state index is -0.277. The Morgan fingerprint density at radius 3 is 1.26 bits per heavy atom. The number of rotatable bonds is 3. The van der Waals surface area contributed by atoms with Crippen molar-refractivity contribution in [2.75, 3.05) is 0 Å². The van der Waals surface area contributed by atoms with Crippen molar-refractivity contribution in [1.29, 1.82) is 0 Å². The largest absolute Gasteiger partial charge is 0.207 e. The highest BCUT2D eigenvalue weighted by molar-refractivity contribution is 5.81. The zero-order valence-electron chi connectivity index (χ0n) is 14.9. The fourth-order valence-electron chi connectivity index (χ4n) is 3.29. The molecule has 0 nitrogen and oxygen atoms in total. The number of benzene rings is 4. The van der Waals surface area contributed by atoms with Crippen LogP contribution >= 0.6 is 0 Å². The molecular weight excluding hydrogens is 338 g/mol. The Hall–Kier alpha value is -3.26. The fourth-order valence-corrected chi connectivity index (χ4v) is 3.29. The van der Waals surface area contributed by atoms with Crippen molar-refractivity contribution in [3.8, 4) is 33.4 Å². The van der Waals surface area contributed by atoms with Crippen LogP contribution in [0, 0.1) is 18.6 Å². The Bertz CT molecular complexity index is 959. The molecule has 0 aliphatic carbocycles. The Morgan fingerprint density at radius 1 is 0.444 bits per heavy atom. The third kappa shape index (κ3) is 3.80. The standard InChI is InChI=1S/C25H18F2/c1-17-5-2-6-18(11-17)21-12-22(19-7-3-9-24(26)15-19)14-23(13-21)20-8-4-10-25(27)16-20/h2-16H,1H3. The van der Waals surface area contributed by atoms with E-state index in [2.05, 4.69) is 6.07 Å². The summed E-state index contributed by atoms with van der Waals surface area (Å²) in [4.78, 5) is 0. The van der Waals surface area contributed by atoms with E-state index in [0.717, 1.165) is 38.9 Å². The molecule has 4 rings (SSSR count). The lowest BCUT2D eigenvalue weighted by Crippen LogP contribution is -1.88. The highest BCUT2D eigenvalue weighted by Crippen LogP contribution is 2.33. The minimum Gasteiger partial charge on any atom is -0.207 e. The van der Waals surface area contributed by atoms with Crippen molar-refractivity contribution in [2.45, 2.75) is 6.92 Å². The van der Waals surface area contributed by atoms with Crippen LogP contribution in [0.2, 0.25) is 0 Å². The lowest BCUT2D eigenvalue weighted by molar-refractivity contribution is 0.628. The Labute approximate surface area is 157 Å². The number of hydrogen-bond acceptors (Lipinski definition) is 0. The van der Waals surface area contributed by atoms with E-state index in [4.69, 9.17) is 0 Å². The number of hydrogen-bond donors (Lipinski definition) is 0. The molecule has 2 heteroatoms. The van der Waals surface area contributed by atoms with E-state index in [-0.39, 0.29) is 11.6 Å². The smallest absolute Gasteiger partial charge is 0.123 e. The molecule has 0 unspecified atom stereocenters. The van der Waals surface area contributed by atoms with Crippen molar-refractivity contribution < 1.29 is 8.78 Å². The summed E-state index contributed by atoms with van der Waals surface area (Å²) in [6.45, 7) is 2.05. The monoisotopic (exact) mass is 356 g/mol. The quantitative estimate of drug-likeness (QED) is 0.362. The molecule has 0 amide bonds. The van der Waals surface area contributed by atoms with Crippen molar-refractivity contribution in [3.05, 3.63) is 108 Å². The Balaban J connectivity index is 1.94. The lowest BCUT2D eigenvalue weighted by Gasteiger charge is -2.12. The summed E-state index contributed by atoms with van der Waals surface area (Å²) in [6, 6.07) is 27.4. The van der Waals surface area contributed by atoms with Crippen LogP contribution in [-0.4, -0.2) is 0 Å². The zero-order valence-corrected chi connectivity index (χ0v) is 14.9. The maximum atomic E-state index is 13.8. The van der Waals surface area contributed by atoms with Crippen LogP contribution in [-0.2, 0) is 0 Å². The molecule has 0 bridgehead atoms. The van der Waals surface area contributed by atoms with Gasteiger partial charge in [0.2, 0.25) is 0 Å². The molecule has 4 aromatic carbocycles. The average Bonchev–Trinajstić information content (AvgIpc) is 2.68. The van der Waals surface area contributed by atoms with Gasteiger partial charge in [0, 0.05) is 0 Å². The van der Waals surface area contributed by atoms with E-state index in [9.17, 15) is 8.78 Å². The first-order valence-corrected chi connectivity index (χ1v) is 8.82. The molecule has 0 N–H and O–H groups in total. The number of aryl methyl sites for hydroxylation is 1. The summed E-state index contributed by atoms with van der Waals surface area (Å²) in [5, 5.41) is 0. The van der Waals surface area contributed by atoms with Gasteiger partial charge in [0.15, 0.2) is 0 Å². The number of halogens is 2. The van der Waals surface area contributed by atoms with E-state index >= 15 is 0 Å². The van der Waals surface area contributed by atoms with Gasteiger partial charge < -0.3 is 0 Å². The molecule has 0 spiro atoms. The van der Waals surface area contributed by atoms with Gasteiger partial charge in [0.1, 0.15) is 11.6 Å². The molecule has 0 fully saturated rings. The zero-order chi connectivity index (χ0) is 18.8. The van der Waals surface area contributed by atoms with E-state index in [1.807, 2.05) is 55.5 Å². The van der Waals surface area contributed by atoms with Crippen molar-refractivity contribution >= 4 is 0 Å². The summed E-state index contributed by atoms with van der Waals surface area (Å²) in [6.07, 6.45) is 0. The molecule has 132 valence electrons. The second-order valence-electron chi connectivity index (χ2n) is 6.69. The van der Waals surface area contributed by atoms with E-state index in [0.29, 0.717) is 0 Å². The molecule has 0 aliphatic heterocycles. The van der Waals surface area contributed by atoms with Gasteiger partial charge >= 0.3 is 0 Å². The van der Waals surface area contributed by atoms with Gasteiger partial charge in [0.05, 0.1) is 0 Å². The first-order chi connectivity index (χ1) is 13.1. The second kappa shape index (κ2) is 7.16. The molecule has 0 atom stereocenters. The molecular formula is C25H18F2. The molecule has 4 aromatic rings. The van der Waals surface area contributed by atoms with Gasteiger partial charge in [-0.25, -0.2) is 8.78 Å². The summed E-state index contributed by atoms with van der Waals surface area (Å²) >= 11 is 0. The van der Waals surface area contributed by atoms with Crippen LogP contribution in [0.5, 0.6) is 0 Å². The van der Waals surface area contributed by atoms with Gasteiger partial charge in [0.25, 0.3) is 0 Å². The highest BCUT2D eigenvalue weighted by atomic mass is 19.1. The van der Waals surface area contributed by atoms with Gasteiger partial charge in [-0.05, 0) is 82.8 Å². The topological polar surface area (TPSA) is 0 Å². The second-order valence-corrected chi connectivity index (χ2v) is 6.69. The van der Waals surface area contributed by atoms with Crippen LogP contribution in [0.4, 0.5) is 8.78 Å². The molecule has 0 heterocycles. The minimum absolute atomic E-state index is 0.277. The van der Waals surface area contributed by atoms with Gasteiger partial charge in [-0.3, -0.25) is 0 Å². The summed E-state index contributed by atoms with van der Waals surface area (Å²) < 4.78 is 27.5. The molecule has 0 saturated carbocycles. The third-order valence-electron chi connectivity index (χ3n) is 4.60. The maximum Gasteiger partial charge on any atom is 0.123 e. The predicted molar refractivity (Wildman–Crippen MR) is 107 cm³/mol. The Kier molecular flexibility index (Phi) is 4.55. The van der Waals surface area contributed by atoms with Crippen LogP contribution in [0.25, 0.3) is 33.4 Å². The molecule has 0 aromatic heterocycles. The van der Waals surface area contributed by atoms with Crippen molar-refractivity contribution in [3.63, 3.8) is 0 Å². The SMILES string of the molecule is Cc1cccc(-c2cc(-c3cccc(F)c3)cc(-c3cccc(F)c3)c2)c1. The van der Waals surface area contributed by atoms with E-state index < -0.39 is 0 Å². The average molecular weight is 356 g/mol. The van der Waals surface area contributed by atoms with Crippen molar-refractivity contribution in [2.24, 2.45) is 0 Å².